The fraction of sp³-hybridized carbons (Fsp3) is 0.912. The van der Waals surface area contributed by atoms with Crippen molar-refractivity contribution >= 4 is 18.2 Å². The van der Waals surface area contributed by atoms with Crippen molar-refractivity contribution < 1.29 is 33.3 Å². The number of esters is 2. The molecule has 2 spiro atoms. The Morgan fingerprint density at radius 1 is 0.878 bits per heavy atom. The van der Waals surface area contributed by atoms with Crippen molar-refractivity contribution in [1.29, 1.82) is 0 Å². The monoisotopic (exact) mass is 570 g/mol. The van der Waals surface area contributed by atoms with E-state index in [0.717, 1.165) is 44.9 Å². The first-order valence-electron chi connectivity index (χ1n) is 16.2. The Hall–Kier alpha value is -1.47. The second-order valence-corrected chi connectivity index (χ2v) is 16.9. The zero-order valence-corrected chi connectivity index (χ0v) is 26.2. The Balaban J connectivity index is 1.40. The lowest BCUT2D eigenvalue weighted by molar-refractivity contribution is -0.336. The fourth-order valence-electron chi connectivity index (χ4n) is 13.0. The van der Waals surface area contributed by atoms with Crippen molar-refractivity contribution in [3.63, 3.8) is 0 Å². The summed E-state index contributed by atoms with van der Waals surface area (Å²) in [5.74, 6) is -0.790. The van der Waals surface area contributed by atoms with Crippen molar-refractivity contribution in [3.8, 4) is 0 Å². The highest BCUT2D eigenvalue weighted by molar-refractivity contribution is 5.84. The van der Waals surface area contributed by atoms with E-state index in [0.29, 0.717) is 38.4 Å². The van der Waals surface area contributed by atoms with Gasteiger partial charge in [0.1, 0.15) is 12.4 Å². The highest BCUT2D eigenvalue weighted by Gasteiger charge is 2.86. The van der Waals surface area contributed by atoms with Crippen LogP contribution in [0.4, 0.5) is 0 Å². The third kappa shape index (κ3) is 3.02. The van der Waals surface area contributed by atoms with Crippen molar-refractivity contribution in [2.75, 3.05) is 13.2 Å². The molecule has 41 heavy (non-hydrogen) atoms. The van der Waals surface area contributed by atoms with Gasteiger partial charge in [-0.3, -0.25) is 9.59 Å². The van der Waals surface area contributed by atoms with E-state index in [9.17, 15) is 14.4 Å². The minimum atomic E-state index is -1.12. The van der Waals surface area contributed by atoms with Crippen LogP contribution in [0.25, 0.3) is 0 Å². The molecule has 2 bridgehead atoms. The molecule has 7 heteroatoms. The van der Waals surface area contributed by atoms with Gasteiger partial charge in [-0.15, -0.1) is 0 Å². The third-order valence-corrected chi connectivity index (χ3v) is 14.9. The molecule has 0 amide bonds. The molecule has 0 radical (unpaired) electrons. The number of rotatable bonds is 2. The summed E-state index contributed by atoms with van der Waals surface area (Å²) in [7, 11) is 0. The van der Waals surface area contributed by atoms with Crippen molar-refractivity contribution in [1.82, 2.24) is 0 Å². The molecule has 7 nitrogen and oxygen atoms in total. The van der Waals surface area contributed by atoms with Crippen LogP contribution < -0.4 is 0 Å². The van der Waals surface area contributed by atoms with E-state index >= 15 is 0 Å². The van der Waals surface area contributed by atoms with Crippen LogP contribution >= 0.6 is 0 Å². The molecule has 2 saturated heterocycles. The van der Waals surface area contributed by atoms with Gasteiger partial charge < -0.3 is 23.7 Å². The van der Waals surface area contributed by atoms with Gasteiger partial charge >= 0.3 is 11.9 Å². The lowest BCUT2D eigenvalue weighted by Crippen LogP contribution is -2.78. The van der Waals surface area contributed by atoms with Gasteiger partial charge in [0.25, 0.3) is 0 Å². The lowest BCUT2D eigenvalue weighted by Gasteiger charge is -2.74. The summed E-state index contributed by atoms with van der Waals surface area (Å²) in [6, 6.07) is 0. The van der Waals surface area contributed by atoms with Crippen molar-refractivity contribution in [2.45, 2.75) is 130 Å². The maximum Gasteiger partial charge on any atom is 0.313 e. The van der Waals surface area contributed by atoms with Gasteiger partial charge in [0, 0.05) is 24.7 Å². The topological polar surface area (TPSA) is 88.1 Å². The van der Waals surface area contributed by atoms with E-state index in [1.807, 2.05) is 0 Å². The number of fused-ring (bicyclic) bond motifs is 4. The molecule has 0 aromatic rings. The molecule has 9 atom stereocenters. The number of carbonyl (C=O) groups excluding carboxylic acids is 3. The van der Waals surface area contributed by atoms with Crippen LogP contribution in [-0.2, 0) is 33.3 Å². The maximum atomic E-state index is 14.0. The van der Waals surface area contributed by atoms with Crippen LogP contribution in [0, 0.1) is 50.2 Å². The van der Waals surface area contributed by atoms with Crippen LogP contribution in [0.2, 0.25) is 0 Å². The molecule has 5 aliphatic carbocycles. The molecule has 0 aromatic carbocycles. The Bertz CT molecular complexity index is 1190. The first-order chi connectivity index (χ1) is 19.1. The minimum absolute atomic E-state index is 0.0201. The molecule has 0 N–H and O–H groups in total. The first-order valence-corrected chi connectivity index (χ1v) is 16.2. The normalized spacial score (nSPS) is 51.9. The average molecular weight is 571 g/mol. The second-order valence-electron chi connectivity index (χ2n) is 16.9. The predicted octanol–water partition coefficient (Wildman–Crippen LogP) is 6.01. The van der Waals surface area contributed by atoms with E-state index in [2.05, 4.69) is 41.5 Å². The summed E-state index contributed by atoms with van der Waals surface area (Å²) < 4.78 is 25.8. The number of ether oxygens (including phenoxy) is 4. The smallest absolute Gasteiger partial charge is 0.313 e. The summed E-state index contributed by atoms with van der Waals surface area (Å²) in [6.45, 7) is 16.6. The van der Waals surface area contributed by atoms with Crippen LogP contribution in [-0.4, -0.2) is 48.9 Å². The van der Waals surface area contributed by atoms with Gasteiger partial charge in [-0.2, -0.15) is 0 Å². The van der Waals surface area contributed by atoms with E-state index in [4.69, 9.17) is 18.9 Å². The SMILES string of the molecule is CC(=O)O[C@H]1CC2[C@@]3(C)CCC4(OCCO4)C(C)(C)C3CC[C@@]2(C)[C@]2(C=O)CC[C@@]34CCC(C)(C)CC3[C@@]12OC4=O. The molecule has 5 saturated carbocycles. The standard InChI is InChI=1S/C34H50O7/c1-21(36)40-25-18-23-29(6)11-15-33(38-16-17-39-33)28(4,5)22(29)8-9-30(23,7)32(20-35)14-13-31-12-10-27(2,3)19-24(31)34(25,32)41-26(31)37/h20,22-25H,8-19H2,1-7H3/t22?,23?,24?,25-,29-,30+,31-,32+,34+/m0/s1. The first kappa shape index (κ1) is 28.3. The van der Waals surface area contributed by atoms with E-state index < -0.39 is 33.7 Å². The highest BCUT2D eigenvalue weighted by Crippen LogP contribution is 2.81. The fourth-order valence-corrected chi connectivity index (χ4v) is 13.0. The number of hydrogen-bond acceptors (Lipinski definition) is 7. The maximum absolute atomic E-state index is 14.0. The summed E-state index contributed by atoms with van der Waals surface area (Å²) in [5.41, 5.74) is -3.32. The van der Waals surface area contributed by atoms with E-state index in [1.54, 1.807) is 0 Å². The van der Waals surface area contributed by atoms with Crippen LogP contribution in [0.1, 0.15) is 113 Å². The predicted molar refractivity (Wildman–Crippen MR) is 150 cm³/mol. The summed E-state index contributed by atoms with van der Waals surface area (Å²) in [4.78, 5) is 40.8. The molecule has 3 unspecified atom stereocenters. The minimum Gasteiger partial charge on any atom is -0.458 e. The molecular formula is C34H50O7. The Morgan fingerprint density at radius 2 is 1.56 bits per heavy atom. The zero-order chi connectivity index (χ0) is 29.5. The summed E-state index contributed by atoms with van der Waals surface area (Å²) in [6.07, 6.45) is 8.57. The van der Waals surface area contributed by atoms with Gasteiger partial charge in [0.05, 0.1) is 24.0 Å². The number of aldehydes is 1. The highest BCUT2D eigenvalue weighted by atomic mass is 16.7. The van der Waals surface area contributed by atoms with Gasteiger partial charge in [0.2, 0.25) is 0 Å². The van der Waals surface area contributed by atoms with Gasteiger partial charge in [-0.25, -0.2) is 0 Å². The molecule has 7 aliphatic rings. The van der Waals surface area contributed by atoms with Crippen LogP contribution in [0.3, 0.4) is 0 Å². The Labute approximate surface area is 245 Å². The lowest BCUT2D eigenvalue weighted by atomic mass is 9.30. The van der Waals surface area contributed by atoms with Crippen LogP contribution in [0.5, 0.6) is 0 Å². The molecule has 7 fully saturated rings. The van der Waals surface area contributed by atoms with Gasteiger partial charge in [-0.1, -0.05) is 41.5 Å². The molecule has 0 aromatic heterocycles. The summed E-state index contributed by atoms with van der Waals surface area (Å²) in [5, 5.41) is 0. The molecule has 2 heterocycles. The molecule has 7 rings (SSSR count). The Kier molecular flexibility index (Phi) is 5.64. The number of hydrogen-bond donors (Lipinski definition) is 0. The van der Waals surface area contributed by atoms with Gasteiger partial charge in [0.15, 0.2) is 11.4 Å². The second kappa shape index (κ2) is 8.16. The molecule has 2 aliphatic heterocycles. The number of carbonyl (C=O) groups is 3. The summed E-state index contributed by atoms with van der Waals surface area (Å²) >= 11 is 0. The quantitative estimate of drug-likeness (QED) is 0.297. The van der Waals surface area contributed by atoms with Crippen molar-refractivity contribution in [2.24, 2.45) is 50.2 Å². The van der Waals surface area contributed by atoms with E-state index in [1.165, 1.54) is 13.2 Å². The van der Waals surface area contributed by atoms with Crippen LogP contribution in [0.15, 0.2) is 0 Å². The third-order valence-electron chi connectivity index (χ3n) is 14.9. The average Bonchev–Trinajstić information content (AvgIpc) is 3.44. The largest absolute Gasteiger partial charge is 0.458 e. The molecule has 228 valence electrons. The van der Waals surface area contributed by atoms with Crippen molar-refractivity contribution in [3.05, 3.63) is 0 Å². The van der Waals surface area contributed by atoms with Gasteiger partial charge in [-0.05, 0) is 85.9 Å². The Morgan fingerprint density at radius 3 is 2.22 bits per heavy atom. The molecular weight excluding hydrogens is 520 g/mol. The zero-order valence-electron chi connectivity index (χ0n) is 26.2. The van der Waals surface area contributed by atoms with E-state index in [-0.39, 0.29) is 40.0 Å².